The Bertz CT molecular complexity index is 664. The van der Waals surface area contributed by atoms with Gasteiger partial charge in [-0.15, -0.1) is 12.4 Å². The largest absolute Gasteiger partial charge is 0.334 e. The third-order valence-electron chi connectivity index (χ3n) is 4.46. The predicted octanol–water partition coefficient (Wildman–Crippen LogP) is 2.01. The summed E-state index contributed by atoms with van der Waals surface area (Å²) in [4.78, 5) is 14.7. The number of hydrogen-bond donors (Lipinski definition) is 2. The van der Waals surface area contributed by atoms with Crippen LogP contribution in [0.15, 0.2) is 29.2 Å². The van der Waals surface area contributed by atoms with Gasteiger partial charge in [0.05, 0.1) is 4.90 Å². The lowest BCUT2D eigenvalue weighted by atomic mass is 10.1. The molecule has 0 spiro atoms. The van der Waals surface area contributed by atoms with Gasteiger partial charge in [-0.1, -0.05) is 6.92 Å². The van der Waals surface area contributed by atoms with Gasteiger partial charge < -0.3 is 10.2 Å². The molecule has 6 nitrogen and oxygen atoms in total. The third-order valence-corrected chi connectivity index (χ3v) is 6.06. The first kappa shape index (κ1) is 21.9. The molecule has 1 saturated heterocycles. The van der Waals surface area contributed by atoms with Crippen molar-refractivity contribution in [2.24, 2.45) is 0 Å². The number of amides is 1. The summed E-state index contributed by atoms with van der Waals surface area (Å²) in [6.07, 6.45) is 2.72. The van der Waals surface area contributed by atoms with Crippen molar-refractivity contribution in [1.29, 1.82) is 0 Å². The number of benzene rings is 1. The van der Waals surface area contributed by atoms with Crippen LogP contribution in [0.25, 0.3) is 0 Å². The van der Waals surface area contributed by atoms with Crippen LogP contribution < -0.4 is 10.0 Å². The average molecular weight is 390 g/mol. The zero-order valence-corrected chi connectivity index (χ0v) is 16.6. The molecule has 8 heteroatoms. The number of nitrogens with one attached hydrogen (secondary N) is 2. The van der Waals surface area contributed by atoms with E-state index < -0.39 is 10.0 Å². The summed E-state index contributed by atoms with van der Waals surface area (Å²) in [5, 5.41) is 3.12. The molecule has 1 aromatic carbocycles. The molecule has 0 saturated carbocycles. The first-order chi connectivity index (χ1) is 11.4. The summed E-state index contributed by atoms with van der Waals surface area (Å²) < 4.78 is 27.1. The maximum atomic E-state index is 12.7. The Morgan fingerprint density at radius 3 is 2.52 bits per heavy atom. The molecule has 2 N–H and O–H groups in total. The minimum Gasteiger partial charge on any atom is -0.334 e. The molecule has 2 unspecified atom stereocenters. The van der Waals surface area contributed by atoms with E-state index in [9.17, 15) is 13.2 Å². The van der Waals surface area contributed by atoms with Crippen LogP contribution in [0.3, 0.4) is 0 Å². The van der Waals surface area contributed by atoms with Crippen LogP contribution in [0, 0.1) is 0 Å². The van der Waals surface area contributed by atoms with Crippen molar-refractivity contribution in [3.05, 3.63) is 29.8 Å². The maximum Gasteiger partial charge on any atom is 0.254 e. The number of carbonyl (C=O) groups is 1. The highest BCUT2D eigenvalue weighted by molar-refractivity contribution is 7.89. The third kappa shape index (κ3) is 5.41. The first-order valence-electron chi connectivity index (χ1n) is 8.47. The van der Waals surface area contributed by atoms with Gasteiger partial charge in [0, 0.05) is 30.7 Å². The number of likely N-dealkylation sites (N-methyl/N-ethyl adjacent to an activating group) is 1. The number of carbonyl (C=O) groups excluding carboxylic acids is 1. The molecule has 1 aliphatic rings. The Labute approximate surface area is 156 Å². The van der Waals surface area contributed by atoms with Crippen LogP contribution in [0.2, 0.25) is 0 Å². The second-order valence-corrected chi connectivity index (χ2v) is 8.02. The van der Waals surface area contributed by atoms with E-state index in [2.05, 4.69) is 10.0 Å². The fourth-order valence-electron chi connectivity index (χ4n) is 2.91. The van der Waals surface area contributed by atoms with Crippen LogP contribution in [0.4, 0.5) is 0 Å². The first-order valence-corrected chi connectivity index (χ1v) is 9.95. The van der Waals surface area contributed by atoms with Gasteiger partial charge in [-0.2, -0.15) is 0 Å². The zero-order chi connectivity index (χ0) is 17.7. The average Bonchev–Trinajstić information content (AvgIpc) is 3.02. The molecule has 0 bridgehead atoms. The van der Waals surface area contributed by atoms with E-state index in [1.807, 2.05) is 25.8 Å². The smallest absolute Gasteiger partial charge is 0.254 e. The number of nitrogens with zero attached hydrogens (tertiary/aromatic N) is 1. The van der Waals surface area contributed by atoms with Crippen molar-refractivity contribution in [3.8, 4) is 0 Å². The van der Waals surface area contributed by atoms with Crippen molar-refractivity contribution >= 4 is 28.3 Å². The summed E-state index contributed by atoms with van der Waals surface area (Å²) in [7, 11) is -1.66. The van der Waals surface area contributed by atoms with Crippen molar-refractivity contribution in [2.75, 3.05) is 20.1 Å². The molecule has 0 aromatic heterocycles. The summed E-state index contributed by atoms with van der Waals surface area (Å²) in [6, 6.07) is 6.29. The molecule has 25 heavy (non-hydrogen) atoms. The van der Waals surface area contributed by atoms with Gasteiger partial charge in [0.25, 0.3) is 5.91 Å². The van der Waals surface area contributed by atoms with Crippen molar-refractivity contribution in [1.82, 2.24) is 14.9 Å². The van der Waals surface area contributed by atoms with Gasteiger partial charge >= 0.3 is 0 Å². The molecular weight excluding hydrogens is 362 g/mol. The molecule has 1 aliphatic heterocycles. The van der Waals surface area contributed by atoms with Gasteiger partial charge in [-0.25, -0.2) is 13.1 Å². The molecule has 2 atom stereocenters. The fourth-order valence-corrected chi connectivity index (χ4v) is 4.24. The monoisotopic (exact) mass is 389 g/mol. The van der Waals surface area contributed by atoms with Crippen LogP contribution in [-0.2, 0) is 10.0 Å². The van der Waals surface area contributed by atoms with E-state index in [1.54, 1.807) is 12.1 Å². The number of likely N-dealkylation sites (tertiary alicyclic amines) is 1. The topological polar surface area (TPSA) is 78.5 Å². The Morgan fingerprint density at radius 2 is 1.96 bits per heavy atom. The van der Waals surface area contributed by atoms with Crippen molar-refractivity contribution in [3.63, 3.8) is 0 Å². The summed E-state index contributed by atoms with van der Waals surface area (Å²) in [6.45, 7) is 5.27. The lowest BCUT2D eigenvalue weighted by molar-refractivity contribution is 0.0737. The molecule has 1 heterocycles. The Morgan fingerprint density at radius 1 is 1.32 bits per heavy atom. The number of hydrogen-bond acceptors (Lipinski definition) is 4. The lowest BCUT2D eigenvalue weighted by Crippen LogP contribution is -2.40. The van der Waals surface area contributed by atoms with E-state index in [-0.39, 0.29) is 35.3 Å². The van der Waals surface area contributed by atoms with Gasteiger partial charge in [0.15, 0.2) is 0 Å². The van der Waals surface area contributed by atoms with Crippen molar-refractivity contribution in [2.45, 2.75) is 50.1 Å². The maximum absolute atomic E-state index is 12.7. The molecule has 0 radical (unpaired) electrons. The number of rotatable bonds is 7. The molecular formula is C17H28ClN3O3S. The van der Waals surface area contributed by atoms with E-state index in [4.69, 9.17) is 0 Å². The Balaban J connectivity index is 0.00000312. The second-order valence-electron chi connectivity index (χ2n) is 6.31. The van der Waals surface area contributed by atoms with E-state index in [1.165, 1.54) is 12.1 Å². The molecule has 1 fully saturated rings. The molecule has 1 aromatic rings. The van der Waals surface area contributed by atoms with Crippen molar-refractivity contribution < 1.29 is 13.2 Å². The van der Waals surface area contributed by atoms with Crippen LogP contribution >= 0.6 is 12.4 Å². The van der Waals surface area contributed by atoms with Crippen LogP contribution in [0.5, 0.6) is 0 Å². The van der Waals surface area contributed by atoms with Gasteiger partial charge in [-0.05, 0) is 57.5 Å². The Hall–Kier alpha value is -1.15. The summed E-state index contributed by atoms with van der Waals surface area (Å²) in [5.41, 5.74) is 0.528. The fraction of sp³-hybridized carbons (Fsp3) is 0.588. The highest BCUT2D eigenvalue weighted by Gasteiger charge is 2.29. The minimum absolute atomic E-state index is 0. The lowest BCUT2D eigenvalue weighted by Gasteiger charge is -2.24. The zero-order valence-electron chi connectivity index (χ0n) is 15.0. The number of halogens is 1. The standard InChI is InChI=1S/C17H27N3O3S.ClH/c1-4-13(2)19-24(22,23)16-9-7-14(8-10-16)17(21)20-11-5-6-15(20)12-18-3;/h7-10,13,15,18-19H,4-6,11-12H2,1-3H3;1H. The number of sulfonamides is 1. The quantitative estimate of drug-likeness (QED) is 0.747. The van der Waals surface area contributed by atoms with Gasteiger partial charge in [-0.3, -0.25) is 4.79 Å². The molecule has 0 aliphatic carbocycles. The normalized spacial score (nSPS) is 18.7. The highest BCUT2D eigenvalue weighted by Crippen LogP contribution is 2.20. The Kier molecular flexibility index (Phi) is 8.34. The van der Waals surface area contributed by atoms with E-state index in [0.29, 0.717) is 5.56 Å². The van der Waals surface area contributed by atoms with E-state index in [0.717, 1.165) is 32.4 Å². The SMILES string of the molecule is CCC(C)NS(=O)(=O)c1ccc(C(=O)N2CCCC2CNC)cc1.Cl. The van der Waals surface area contributed by atoms with Gasteiger partial charge in [0.1, 0.15) is 0 Å². The highest BCUT2D eigenvalue weighted by atomic mass is 35.5. The second kappa shape index (κ2) is 9.52. The molecule has 2 rings (SSSR count). The summed E-state index contributed by atoms with van der Waals surface area (Å²) in [5.74, 6) is -0.0356. The molecule has 142 valence electrons. The van der Waals surface area contributed by atoms with Crippen LogP contribution in [0.1, 0.15) is 43.5 Å². The predicted molar refractivity (Wildman–Crippen MR) is 102 cm³/mol. The van der Waals surface area contributed by atoms with E-state index >= 15 is 0 Å². The minimum atomic E-state index is -3.54. The summed E-state index contributed by atoms with van der Waals surface area (Å²) >= 11 is 0. The van der Waals surface area contributed by atoms with Crippen LogP contribution in [-0.4, -0.2) is 51.4 Å². The molecule has 1 amide bonds. The van der Waals surface area contributed by atoms with Gasteiger partial charge in [0.2, 0.25) is 10.0 Å².